The maximum absolute atomic E-state index is 12.8. The van der Waals surface area contributed by atoms with E-state index in [1.54, 1.807) is 36.4 Å². The van der Waals surface area contributed by atoms with E-state index in [0.717, 1.165) is 17.3 Å². The van der Waals surface area contributed by atoms with Gasteiger partial charge in [-0.1, -0.05) is 22.0 Å². The lowest BCUT2D eigenvalue weighted by Gasteiger charge is -2.11. The number of ether oxygens (including phenoxy) is 1. The molecular weight excluding hydrogens is 470 g/mol. The van der Waals surface area contributed by atoms with Crippen LogP contribution in [0.5, 0.6) is 11.6 Å². The van der Waals surface area contributed by atoms with Gasteiger partial charge in [0, 0.05) is 22.4 Å². The Kier molecular flexibility index (Phi) is 5.85. The maximum atomic E-state index is 12.8. The first-order chi connectivity index (χ1) is 14.4. The summed E-state index contributed by atoms with van der Waals surface area (Å²) in [7, 11) is -3.61. The van der Waals surface area contributed by atoms with Crippen LogP contribution in [0.2, 0.25) is 0 Å². The van der Waals surface area contributed by atoms with Crippen molar-refractivity contribution in [3.05, 3.63) is 76.9 Å². The van der Waals surface area contributed by atoms with Crippen LogP contribution in [0.3, 0.4) is 0 Å². The Balaban J connectivity index is 1.53. The molecule has 0 atom stereocenters. The molecule has 0 aliphatic heterocycles. The fourth-order valence-corrected chi connectivity index (χ4v) is 4.30. The molecule has 0 spiro atoms. The largest absolute Gasteiger partial charge is 0.438 e. The first-order valence-electron chi connectivity index (χ1n) is 9.23. The van der Waals surface area contributed by atoms with Gasteiger partial charge >= 0.3 is 0 Å². The number of sulfonamides is 1. The lowest BCUT2D eigenvalue weighted by molar-refractivity contribution is 0.102. The molecule has 7 nitrogen and oxygen atoms in total. The molecule has 0 bridgehead atoms. The van der Waals surface area contributed by atoms with E-state index in [0.29, 0.717) is 11.4 Å². The Morgan fingerprint density at radius 2 is 1.83 bits per heavy atom. The van der Waals surface area contributed by atoms with Gasteiger partial charge in [0.05, 0.1) is 4.90 Å². The number of benzene rings is 2. The summed E-state index contributed by atoms with van der Waals surface area (Å²) in [5.41, 5.74) is 0.585. The Hall–Kier alpha value is -2.75. The normalized spacial score (nSPS) is 13.6. The fraction of sp³-hybridized carbons (Fsp3) is 0.143. The van der Waals surface area contributed by atoms with Gasteiger partial charge in [-0.15, -0.1) is 0 Å². The van der Waals surface area contributed by atoms with Crippen LogP contribution in [0.4, 0.5) is 5.69 Å². The van der Waals surface area contributed by atoms with Gasteiger partial charge in [-0.25, -0.2) is 18.1 Å². The van der Waals surface area contributed by atoms with E-state index >= 15 is 0 Å². The second-order valence-electron chi connectivity index (χ2n) is 6.79. The first kappa shape index (κ1) is 20.5. The van der Waals surface area contributed by atoms with Gasteiger partial charge < -0.3 is 10.1 Å². The molecule has 0 radical (unpaired) electrons. The predicted octanol–water partition coefficient (Wildman–Crippen LogP) is 4.33. The van der Waals surface area contributed by atoms with E-state index < -0.39 is 15.9 Å². The van der Waals surface area contributed by atoms with Crippen molar-refractivity contribution >= 4 is 37.5 Å². The average Bonchev–Trinajstić information content (AvgIpc) is 3.54. The number of amides is 1. The van der Waals surface area contributed by atoms with Crippen LogP contribution >= 0.6 is 15.9 Å². The van der Waals surface area contributed by atoms with Gasteiger partial charge in [0.2, 0.25) is 15.9 Å². The molecule has 2 N–H and O–H groups in total. The number of nitrogens with one attached hydrogen (secondary N) is 2. The summed E-state index contributed by atoms with van der Waals surface area (Å²) in [4.78, 5) is 17.1. The van der Waals surface area contributed by atoms with Crippen LogP contribution in [-0.4, -0.2) is 25.4 Å². The minimum atomic E-state index is -3.61. The number of pyridine rings is 1. The second-order valence-corrected chi connectivity index (χ2v) is 9.42. The third kappa shape index (κ3) is 5.05. The molecule has 3 aromatic rings. The minimum Gasteiger partial charge on any atom is -0.438 e. The lowest BCUT2D eigenvalue weighted by atomic mass is 10.2. The van der Waals surface area contributed by atoms with Crippen molar-refractivity contribution in [3.63, 3.8) is 0 Å². The number of halogens is 1. The van der Waals surface area contributed by atoms with Crippen molar-refractivity contribution in [1.29, 1.82) is 0 Å². The summed E-state index contributed by atoms with van der Waals surface area (Å²) in [5, 5.41) is 2.72. The standard InChI is InChI=1S/C21H18BrN3O4S/c22-14-6-10-17(11-7-14)29-21-19(5-2-12-23-21)20(26)24-16-3-1-4-18(13-16)30(27,28)25-15-8-9-15/h1-7,10-13,15,25H,8-9H2,(H,24,26). The molecule has 1 aromatic heterocycles. The van der Waals surface area contributed by atoms with Gasteiger partial charge in [0.25, 0.3) is 5.91 Å². The molecule has 9 heteroatoms. The highest BCUT2D eigenvalue weighted by atomic mass is 79.9. The molecule has 1 saturated carbocycles. The fourth-order valence-electron chi connectivity index (χ4n) is 2.69. The molecule has 1 aliphatic rings. The number of carbonyl (C=O) groups is 1. The van der Waals surface area contributed by atoms with E-state index in [1.165, 1.54) is 18.3 Å². The van der Waals surface area contributed by atoms with Crippen molar-refractivity contribution in [3.8, 4) is 11.6 Å². The molecule has 1 fully saturated rings. The molecule has 30 heavy (non-hydrogen) atoms. The van der Waals surface area contributed by atoms with Crippen molar-refractivity contribution in [1.82, 2.24) is 9.71 Å². The number of nitrogens with zero attached hydrogens (tertiary/aromatic N) is 1. The lowest BCUT2D eigenvalue weighted by Crippen LogP contribution is -2.25. The molecule has 0 unspecified atom stereocenters. The number of carbonyl (C=O) groups excluding carboxylic acids is 1. The number of hydrogen-bond acceptors (Lipinski definition) is 5. The van der Waals surface area contributed by atoms with E-state index in [-0.39, 0.29) is 22.4 Å². The number of anilines is 1. The number of aromatic nitrogens is 1. The third-order valence-electron chi connectivity index (χ3n) is 4.35. The zero-order valence-corrected chi connectivity index (χ0v) is 18.1. The van der Waals surface area contributed by atoms with E-state index in [2.05, 4.69) is 31.0 Å². The number of rotatable bonds is 7. The highest BCUT2D eigenvalue weighted by molar-refractivity contribution is 9.10. The zero-order valence-electron chi connectivity index (χ0n) is 15.7. The highest BCUT2D eigenvalue weighted by Crippen LogP contribution is 2.26. The Morgan fingerprint density at radius 3 is 2.57 bits per heavy atom. The summed E-state index contributed by atoms with van der Waals surface area (Å²) in [6.45, 7) is 0. The number of hydrogen-bond donors (Lipinski definition) is 2. The van der Waals surface area contributed by atoms with Gasteiger partial charge in [-0.2, -0.15) is 0 Å². The van der Waals surface area contributed by atoms with E-state index in [9.17, 15) is 13.2 Å². The SMILES string of the molecule is O=C(Nc1cccc(S(=O)(=O)NC2CC2)c1)c1cccnc1Oc1ccc(Br)cc1. The van der Waals surface area contributed by atoms with E-state index in [1.807, 2.05) is 12.1 Å². The van der Waals surface area contributed by atoms with Gasteiger partial charge in [0.15, 0.2) is 0 Å². The summed E-state index contributed by atoms with van der Waals surface area (Å²) in [5.74, 6) is 0.224. The average molecular weight is 488 g/mol. The molecule has 1 aliphatic carbocycles. The van der Waals surface area contributed by atoms with Gasteiger partial charge in [-0.3, -0.25) is 4.79 Å². The Bertz CT molecular complexity index is 1180. The molecular formula is C21H18BrN3O4S. The third-order valence-corrected chi connectivity index (χ3v) is 6.39. The molecule has 1 heterocycles. The van der Waals surface area contributed by atoms with Crippen molar-refractivity contribution in [2.45, 2.75) is 23.8 Å². The smallest absolute Gasteiger partial charge is 0.261 e. The van der Waals surface area contributed by atoms with E-state index in [4.69, 9.17) is 4.74 Å². The van der Waals surface area contributed by atoms with Crippen LogP contribution in [0.1, 0.15) is 23.2 Å². The van der Waals surface area contributed by atoms with Gasteiger partial charge in [-0.05, 0) is 67.4 Å². The van der Waals surface area contributed by atoms with Crippen LogP contribution in [0.25, 0.3) is 0 Å². The second kappa shape index (κ2) is 8.55. The quantitative estimate of drug-likeness (QED) is 0.516. The monoisotopic (exact) mass is 487 g/mol. The maximum Gasteiger partial charge on any atom is 0.261 e. The predicted molar refractivity (Wildman–Crippen MR) is 116 cm³/mol. The summed E-state index contributed by atoms with van der Waals surface area (Å²) in [6, 6.07) is 16.5. The molecule has 0 saturated heterocycles. The van der Waals surface area contributed by atoms with Crippen LogP contribution in [0, 0.1) is 0 Å². The summed E-state index contributed by atoms with van der Waals surface area (Å²) < 4.78 is 34.1. The van der Waals surface area contributed by atoms with Crippen molar-refractivity contribution in [2.24, 2.45) is 0 Å². The molecule has 2 aromatic carbocycles. The molecule has 1 amide bonds. The molecule has 154 valence electrons. The van der Waals surface area contributed by atoms with Gasteiger partial charge in [0.1, 0.15) is 11.3 Å². The van der Waals surface area contributed by atoms with Crippen LogP contribution < -0.4 is 14.8 Å². The Labute approximate surface area is 182 Å². The van der Waals surface area contributed by atoms with Crippen LogP contribution in [0.15, 0.2) is 76.2 Å². The van der Waals surface area contributed by atoms with Crippen molar-refractivity contribution in [2.75, 3.05) is 5.32 Å². The van der Waals surface area contributed by atoms with Crippen LogP contribution in [-0.2, 0) is 10.0 Å². The molecule has 4 rings (SSSR count). The topological polar surface area (TPSA) is 97.4 Å². The highest BCUT2D eigenvalue weighted by Gasteiger charge is 2.28. The minimum absolute atomic E-state index is 0.00181. The Morgan fingerprint density at radius 1 is 1.07 bits per heavy atom. The summed E-state index contributed by atoms with van der Waals surface area (Å²) in [6.07, 6.45) is 3.22. The van der Waals surface area contributed by atoms with Crippen molar-refractivity contribution < 1.29 is 17.9 Å². The summed E-state index contributed by atoms with van der Waals surface area (Å²) >= 11 is 3.36. The zero-order chi connectivity index (χ0) is 21.1. The first-order valence-corrected chi connectivity index (χ1v) is 11.5.